The van der Waals surface area contributed by atoms with Gasteiger partial charge in [-0.2, -0.15) is 5.10 Å². The first-order valence-electron chi connectivity index (χ1n) is 5.67. The lowest BCUT2D eigenvalue weighted by atomic mass is 10.2. The van der Waals surface area contributed by atoms with E-state index in [-0.39, 0.29) is 0 Å². The van der Waals surface area contributed by atoms with Crippen LogP contribution in [0, 0.1) is 11.7 Å². The minimum absolute atomic E-state index is 0.709. The van der Waals surface area contributed by atoms with Crippen LogP contribution in [0.3, 0.4) is 0 Å². The summed E-state index contributed by atoms with van der Waals surface area (Å²) in [4.78, 5) is 7.25. The molecule has 0 unspecified atom stereocenters. The second-order valence-electron chi connectivity index (χ2n) is 4.29. The van der Waals surface area contributed by atoms with Gasteiger partial charge in [-0.1, -0.05) is 0 Å². The molecule has 3 rings (SSSR count). The molecule has 92 valence electrons. The van der Waals surface area contributed by atoms with Crippen molar-refractivity contribution in [1.82, 2.24) is 24.3 Å². The van der Waals surface area contributed by atoms with Crippen molar-refractivity contribution in [2.75, 3.05) is 0 Å². The number of fused-ring (bicyclic) bond motifs is 1. The minimum atomic E-state index is 0.709. The first kappa shape index (κ1) is 11.2. The molecule has 0 aliphatic carbocycles. The summed E-state index contributed by atoms with van der Waals surface area (Å²) >= 11 is 5.35. The fraction of sp³-hybridized carbons (Fsp3) is 0.250. The number of hydrogen-bond acceptors (Lipinski definition) is 3. The van der Waals surface area contributed by atoms with Gasteiger partial charge in [-0.3, -0.25) is 9.67 Å². The number of aromatic amines is 1. The highest BCUT2D eigenvalue weighted by atomic mass is 32.1. The van der Waals surface area contributed by atoms with Crippen molar-refractivity contribution >= 4 is 23.3 Å². The first-order chi connectivity index (χ1) is 8.66. The van der Waals surface area contributed by atoms with Gasteiger partial charge in [-0.25, -0.2) is 0 Å². The van der Waals surface area contributed by atoms with Gasteiger partial charge in [0.1, 0.15) is 0 Å². The van der Waals surface area contributed by atoms with E-state index in [0.29, 0.717) is 4.77 Å². The number of nitrogens with one attached hydrogen (secondary N) is 1. The van der Waals surface area contributed by atoms with Crippen LogP contribution in [-0.2, 0) is 13.6 Å². The average molecular weight is 259 g/mol. The molecular weight excluding hydrogens is 246 g/mol. The predicted molar refractivity (Wildman–Crippen MR) is 72.0 cm³/mol. The van der Waals surface area contributed by atoms with Gasteiger partial charge in [-0.05, 0) is 25.2 Å². The number of aryl methyl sites for hydroxylation is 1. The van der Waals surface area contributed by atoms with Crippen LogP contribution in [0.4, 0.5) is 0 Å². The molecule has 0 aliphatic heterocycles. The molecule has 3 aromatic heterocycles. The van der Waals surface area contributed by atoms with E-state index in [0.717, 1.165) is 23.3 Å². The van der Waals surface area contributed by atoms with Crippen LogP contribution in [0.25, 0.3) is 11.0 Å². The molecule has 1 N–H and O–H groups in total. The molecule has 0 saturated heterocycles. The van der Waals surface area contributed by atoms with E-state index in [9.17, 15) is 0 Å². The van der Waals surface area contributed by atoms with E-state index in [1.54, 1.807) is 12.4 Å². The summed E-state index contributed by atoms with van der Waals surface area (Å²) in [6.07, 6.45) is 5.45. The average Bonchev–Trinajstić information content (AvgIpc) is 2.85. The van der Waals surface area contributed by atoms with Crippen LogP contribution in [-0.4, -0.2) is 24.3 Å². The Morgan fingerprint density at radius 2 is 2.22 bits per heavy atom. The summed E-state index contributed by atoms with van der Waals surface area (Å²) in [5.41, 5.74) is 4.36. The van der Waals surface area contributed by atoms with Crippen molar-refractivity contribution in [2.45, 2.75) is 13.5 Å². The van der Waals surface area contributed by atoms with Crippen LogP contribution in [0.15, 0.2) is 24.7 Å². The molecule has 0 atom stereocenters. The Hall–Kier alpha value is -1.95. The molecule has 0 fully saturated rings. The molecule has 3 heterocycles. The van der Waals surface area contributed by atoms with Crippen molar-refractivity contribution in [1.29, 1.82) is 0 Å². The molecule has 0 radical (unpaired) electrons. The highest BCUT2D eigenvalue weighted by Gasteiger charge is 2.08. The highest BCUT2D eigenvalue weighted by Crippen LogP contribution is 2.16. The Balaban J connectivity index is 2.13. The normalized spacial score (nSPS) is 11.2. The van der Waals surface area contributed by atoms with E-state index in [2.05, 4.69) is 26.6 Å². The lowest BCUT2D eigenvalue weighted by Crippen LogP contribution is -2.01. The van der Waals surface area contributed by atoms with E-state index >= 15 is 0 Å². The van der Waals surface area contributed by atoms with Crippen molar-refractivity contribution < 1.29 is 0 Å². The van der Waals surface area contributed by atoms with Gasteiger partial charge in [0.25, 0.3) is 0 Å². The number of rotatable bonds is 2. The summed E-state index contributed by atoms with van der Waals surface area (Å²) in [5, 5.41) is 4.25. The van der Waals surface area contributed by atoms with Gasteiger partial charge < -0.3 is 9.55 Å². The van der Waals surface area contributed by atoms with Gasteiger partial charge in [0.15, 0.2) is 4.77 Å². The second kappa shape index (κ2) is 4.06. The Morgan fingerprint density at radius 3 is 2.94 bits per heavy atom. The summed E-state index contributed by atoms with van der Waals surface area (Å²) in [5.74, 6) is 0. The Labute approximate surface area is 109 Å². The standard InChI is InChI=1S/C12H13N5S/c1-8-9(5-14-16(8)2)7-17-11-3-4-13-6-10(11)15-12(17)18/h3-6H,7H2,1-2H3,(H,15,18). The summed E-state index contributed by atoms with van der Waals surface area (Å²) in [6, 6.07) is 1.97. The highest BCUT2D eigenvalue weighted by molar-refractivity contribution is 7.71. The maximum Gasteiger partial charge on any atom is 0.178 e. The lowest BCUT2D eigenvalue weighted by Gasteiger charge is -2.04. The topological polar surface area (TPSA) is 51.4 Å². The van der Waals surface area contributed by atoms with Crippen LogP contribution >= 0.6 is 12.2 Å². The van der Waals surface area contributed by atoms with E-state index in [4.69, 9.17) is 12.2 Å². The number of aromatic nitrogens is 5. The minimum Gasteiger partial charge on any atom is -0.329 e. The predicted octanol–water partition coefficient (Wildman–Crippen LogP) is 2.18. The van der Waals surface area contributed by atoms with E-state index < -0.39 is 0 Å². The van der Waals surface area contributed by atoms with Gasteiger partial charge in [0.2, 0.25) is 0 Å². The third-order valence-electron chi connectivity index (χ3n) is 3.24. The molecule has 0 amide bonds. The monoisotopic (exact) mass is 259 g/mol. The zero-order chi connectivity index (χ0) is 12.7. The molecule has 0 aliphatic rings. The molecule has 5 nitrogen and oxygen atoms in total. The summed E-state index contributed by atoms with van der Waals surface area (Å²) < 4.78 is 4.65. The third kappa shape index (κ3) is 1.65. The lowest BCUT2D eigenvalue weighted by molar-refractivity contribution is 0.732. The zero-order valence-corrected chi connectivity index (χ0v) is 11.0. The van der Waals surface area contributed by atoms with Gasteiger partial charge >= 0.3 is 0 Å². The van der Waals surface area contributed by atoms with E-state index in [1.807, 2.05) is 24.0 Å². The van der Waals surface area contributed by atoms with Gasteiger partial charge in [-0.15, -0.1) is 0 Å². The Bertz CT molecular complexity index is 764. The molecule has 3 aromatic rings. The Kier molecular flexibility index (Phi) is 2.52. The number of hydrogen-bond donors (Lipinski definition) is 1. The molecule has 0 saturated carbocycles. The van der Waals surface area contributed by atoms with Crippen LogP contribution in [0.2, 0.25) is 0 Å². The smallest absolute Gasteiger partial charge is 0.178 e. The van der Waals surface area contributed by atoms with Crippen LogP contribution < -0.4 is 0 Å². The van der Waals surface area contributed by atoms with Crippen molar-refractivity contribution in [3.05, 3.63) is 40.7 Å². The van der Waals surface area contributed by atoms with Crippen molar-refractivity contribution in [3.8, 4) is 0 Å². The van der Waals surface area contributed by atoms with E-state index in [1.165, 1.54) is 5.56 Å². The SMILES string of the molecule is Cc1c(Cn2c(=S)[nH]c3cnccc32)cnn1C. The maximum atomic E-state index is 5.35. The van der Waals surface area contributed by atoms with Crippen LogP contribution in [0.1, 0.15) is 11.3 Å². The number of imidazole rings is 1. The van der Waals surface area contributed by atoms with Crippen LogP contribution in [0.5, 0.6) is 0 Å². The molecule has 18 heavy (non-hydrogen) atoms. The largest absolute Gasteiger partial charge is 0.329 e. The summed E-state index contributed by atoms with van der Waals surface area (Å²) in [7, 11) is 1.94. The molecular formula is C12H13N5S. The first-order valence-corrected chi connectivity index (χ1v) is 6.07. The quantitative estimate of drug-likeness (QED) is 0.718. The molecule has 0 bridgehead atoms. The van der Waals surface area contributed by atoms with Gasteiger partial charge in [0.05, 0.1) is 30.0 Å². The maximum absolute atomic E-state index is 5.35. The molecule has 0 spiro atoms. The van der Waals surface area contributed by atoms with Crippen molar-refractivity contribution in [3.63, 3.8) is 0 Å². The summed E-state index contributed by atoms with van der Waals surface area (Å²) in [6.45, 7) is 2.78. The number of H-pyrrole nitrogens is 1. The zero-order valence-electron chi connectivity index (χ0n) is 10.2. The molecule has 0 aromatic carbocycles. The number of nitrogens with zero attached hydrogens (tertiary/aromatic N) is 4. The third-order valence-corrected chi connectivity index (χ3v) is 3.56. The fourth-order valence-electron chi connectivity index (χ4n) is 2.04. The van der Waals surface area contributed by atoms with Crippen molar-refractivity contribution in [2.24, 2.45) is 7.05 Å². The molecule has 6 heteroatoms. The fourth-order valence-corrected chi connectivity index (χ4v) is 2.31. The second-order valence-corrected chi connectivity index (χ2v) is 4.67. The Morgan fingerprint density at radius 1 is 1.39 bits per heavy atom. The number of pyridine rings is 1. The van der Waals surface area contributed by atoms with Gasteiger partial charge in [0, 0.05) is 24.5 Å².